The molecule has 0 radical (unpaired) electrons. The summed E-state index contributed by atoms with van der Waals surface area (Å²) in [5, 5.41) is 4.93. The van der Waals surface area contributed by atoms with Gasteiger partial charge < -0.3 is 11.1 Å². The second-order valence-electron chi connectivity index (χ2n) is 5.89. The highest BCUT2D eigenvalue weighted by atomic mass is 35.5. The topological polar surface area (TPSA) is 55.1 Å². The average Bonchev–Trinajstić information content (AvgIpc) is 2.91. The van der Waals surface area contributed by atoms with Gasteiger partial charge in [-0.15, -0.1) is 23.7 Å². The molecule has 0 bridgehead atoms. The van der Waals surface area contributed by atoms with Gasteiger partial charge in [0.05, 0.1) is 6.04 Å². The number of amides is 1. The predicted molar refractivity (Wildman–Crippen MR) is 93.1 cm³/mol. The number of nitrogens with one attached hydrogen (secondary N) is 1. The van der Waals surface area contributed by atoms with E-state index in [1.54, 1.807) is 11.3 Å². The van der Waals surface area contributed by atoms with Crippen molar-refractivity contribution < 1.29 is 4.79 Å². The van der Waals surface area contributed by atoms with Gasteiger partial charge in [0.15, 0.2) is 0 Å². The number of hydrogen-bond acceptors (Lipinski definition) is 3. The Hall–Kier alpha value is -1.36. The molecule has 0 saturated carbocycles. The number of anilines is 1. The Bertz CT molecular complexity index is 591. The Morgan fingerprint density at radius 1 is 1.24 bits per heavy atom. The van der Waals surface area contributed by atoms with Crippen LogP contribution in [0.2, 0.25) is 0 Å². The van der Waals surface area contributed by atoms with Crippen LogP contribution in [0.5, 0.6) is 0 Å². The van der Waals surface area contributed by atoms with Crippen molar-refractivity contribution in [1.82, 2.24) is 0 Å². The van der Waals surface area contributed by atoms with Crippen molar-refractivity contribution in [1.29, 1.82) is 0 Å². The summed E-state index contributed by atoms with van der Waals surface area (Å²) in [6.45, 7) is 5.87. The van der Waals surface area contributed by atoms with Crippen molar-refractivity contribution >= 4 is 35.3 Å². The zero-order valence-electron chi connectivity index (χ0n) is 12.4. The summed E-state index contributed by atoms with van der Waals surface area (Å²) in [5.41, 5.74) is 7.59. The normalized spacial score (nSPS) is 12.4. The smallest absolute Gasteiger partial charge is 0.241 e. The van der Waals surface area contributed by atoms with Gasteiger partial charge in [0, 0.05) is 10.6 Å². The zero-order valence-corrected chi connectivity index (χ0v) is 14.1. The summed E-state index contributed by atoms with van der Waals surface area (Å²) in [6.07, 6.45) is 0. The summed E-state index contributed by atoms with van der Waals surface area (Å²) >= 11 is 1.68. The number of rotatable bonds is 3. The minimum Gasteiger partial charge on any atom is -0.325 e. The highest BCUT2D eigenvalue weighted by Crippen LogP contribution is 2.27. The minimum atomic E-state index is -0.534. The van der Waals surface area contributed by atoms with E-state index in [2.05, 4.69) is 11.4 Å². The van der Waals surface area contributed by atoms with E-state index < -0.39 is 6.04 Å². The lowest BCUT2D eigenvalue weighted by molar-refractivity contribution is -0.119. The number of benzene rings is 1. The van der Waals surface area contributed by atoms with E-state index in [0.29, 0.717) is 0 Å². The van der Waals surface area contributed by atoms with Gasteiger partial charge in [-0.3, -0.25) is 4.79 Å². The van der Waals surface area contributed by atoms with Crippen molar-refractivity contribution in [2.75, 3.05) is 5.32 Å². The first-order valence-corrected chi connectivity index (χ1v) is 7.46. The van der Waals surface area contributed by atoms with Crippen LogP contribution < -0.4 is 11.1 Å². The molecule has 2 rings (SSSR count). The van der Waals surface area contributed by atoms with Gasteiger partial charge in [-0.2, -0.15) is 0 Å². The molecule has 1 heterocycles. The summed E-state index contributed by atoms with van der Waals surface area (Å²) in [5.74, 6) is -0.152. The molecule has 1 atom stereocenters. The van der Waals surface area contributed by atoms with Crippen LogP contribution in [0.1, 0.15) is 20.8 Å². The van der Waals surface area contributed by atoms with E-state index in [1.165, 1.54) is 4.88 Å². The van der Waals surface area contributed by atoms with Crippen LogP contribution in [0.4, 0.5) is 5.69 Å². The van der Waals surface area contributed by atoms with Gasteiger partial charge in [-0.25, -0.2) is 0 Å². The van der Waals surface area contributed by atoms with Crippen molar-refractivity contribution in [3.8, 4) is 10.4 Å². The number of halogens is 1. The summed E-state index contributed by atoms with van der Waals surface area (Å²) < 4.78 is 0. The molecule has 5 heteroatoms. The lowest BCUT2D eigenvalue weighted by Gasteiger charge is -2.25. The Morgan fingerprint density at radius 3 is 2.52 bits per heavy atom. The molecule has 0 aliphatic carbocycles. The van der Waals surface area contributed by atoms with Crippen LogP contribution in [0, 0.1) is 5.41 Å². The molecular formula is C16H21ClN2OS. The van der Waals surface area contributed by atoms with Crippen LogP contribution in [-0.4, -0.2) is 11.9 Å². The molecule has 0 saturated heterocycles. The SMILES string of the molecule is CC(C)(C)[C@H](N)C(=O)Nc1cccc(-c2cccs2)c1.Cl. The van der Waals surface area contributed by atoms with Gasteiger partial charge in [0.1, 0.15) is 0 Å². The Balaban J connectivity index is 0.00000220. The maximum Gasteiger partial charge on any atom is 0.241 e. The second kappa shape index (κ2) is 7.07. The van der Waals surface area contributed by atoms with Crippen molar-refractivity contribution in [3.63, 3.8) is 0 Å². The Labute approximate surface area is 136 Å². The first-order valence-electron chi connectivity index (χ1n) is 6.58. The zero-order chi connectivity index (χ0) is 14.8. The van der Waals surface area contributed by atoms with Gasteiger partial charge >= 0.3 is 0 Å². The Kier molecular flexibility index (Phi) is 5.96. The molecule has 1 aromatic heterocycles. The molecule has 0 fully saturated rings. The molecule has 21 heavy (non-hydrogen) atoms. The van der Waals surface area contributed by atoms with E-state index in [0.717, 1.165) is 11.3 Å². The number of carbonyl (C=O) groups is 1. The summed E-state index contributed by atoms with van der Waals surface area (Å²) in [7, 11) is 0. The molecule has 3 N–H and O–H groups in total. The molecule has 0 aliphatic rings. The van der Waals surface area contributed by atoms with Gasteiger partial charge in [0.25, 0.3) is 0 Å². The first-order chi connectivity index (χ1) is 9.38. The molecule has 0 unspecified atom stereocenters. The number of nitrogens with two attached hydrogens (primary N) is 1. The number of thiophene rings is 1. The lowest BCUT2D eigenvalue weighted by atomic mass is 9.87. The van der Waals surface area contributed by atoms with Gasteiger partial charge in [-0.1, -0.05) is 39.0 Å². The fourth-order valence-corrected chi connectivity index (χ4v) is 2.53. The average molecular weight is 325 g/mol. The maximum atomic E-state index is 12.1. The molecule has 1 amide bonds. The molecule has 0 spiro atoms. The van der Waals surface area contributed by atoms with Crippen LogP contribution in [0.15, 0.2) is 41.8 Å². The van der Waals surface area contributed by atoms with Gasteiger partial charge in [-0.05, 0) is 34.6 Å². The van der Waals surface area contributed by atoms with Crippen molar-refractivity contribution in [3.05, 3.63) is 41.8 Å². The fourth-order valence-electron chi connectivity index (χ4n) is 1.81. The third kappa shape index (κ3) is 4.56. The predicted octanol–water partition coefficient (Wildman–Crippen LogP) is 4.15. The Morgan fingerprint density at radius 2 is 1.95 bits per heavy atom. The maximum absolute atomic E-state index is 12.1. The third-order valence-electron chi connectivity index (χ3n) is 3.15. The van der Waals surface area contributed by atoms with Crippen LogP contribution >= 0.6 is 23.7 Å². The molecule has 1 aromatic carbocycles. The standard InChI is InChI=1S/C16H20N2OS.ClH/c1-16(2,3)14(17)15(19)18-12-7-4-6-11(10-12)13-8-5-9-20-13;/h4-10,14H,17H2,1-3H3,(H,18,19);1H/t14-;/m1./s1. The minimum absolute atomic E-state index is 0. The van der Waals surface area contributed by atoms with E-state index in [9.17, 15) is 4.79 Å². The molecule has 3 nitrogen and oxygen atoms in total. The van der Waals surface area contributed by atoms with Crippen LogP contribution in [-0.2, 0) is 4.79 Å². The number of carbonyl (C=O) groups excluding carboxylic acids is 1. The van der Waals surface area contributed by atoms with Crippen LogP contribution in [0.3, 0.4) is 0 Å². The van der Waals surface area contributed by atoms with Crippen LogP contribution in [0.25, 0.3) is 10.4 Å². The monoisotopic (exact) mass is 324 g/mol. The van der Waals surface area contributed by atoms with Crippen molar-refractivity contribution in [2.24, 2.45) is 11.1 Å². The third-order valence-corrected chi connectivity index (χ3v) is 4.07. The lowest BCUT2D eigenvalue weighted by Crippen LogP contribution is -2.45. The second-order valence-corrected chi connectivity index (χ2v) is 6.84. The highest BCUT2D eigenvalue weighted by Gasteiger charge is 2.27. The van der Waals surface area contributed by atoms with E-state index in [1.807, 2.05) is 56.5 Å². The largest absolute Gasteiger partial charge is 0.325 e. The molecule has 114 valence electrons. The summed E-state index contributed by atoms with van der Waals surface area (Å²) in [6, 6.07) is 11.4. The van der Waals surface area contributed by atoms with E-state index in [-0.39, 0.29) is 23.7 Å². The molecule has 2 aromatic rings. The number of hydrogen-bond donors (Lipinski definition) is 2. The highest BCUT2D eigenvalue weighted by molar-refractivity contribution is 7.13. The molecular weight excluding hydrogens is 304 g/mol. The quantitative estimate of drug-likeness (QED) is 0.891. The summed E-state index contributed by atoms with van der Waals surface area (Å²) in [4.78, 5) is 13.3. The van der Waals surface area contributed by atoms with E-state index >= 15 is 0 Å². The van der Waals surface area contributed by atoms with E-state index in [4.69, 9.17) is 5.73 Å². The van der Waals surface area contributed by atoms with Crippen molar-refractivity contribution in [2.45, 2.75) is 26.8 Å². The molecule has 0 aliphatic heterocycles. The fraction of sp³-hybridized carbons (Fsp3) is 0.312. The first kappa shape index (κ1) is 17.7. The van der Waals surface area contributed by atoms with Gasteiger partial charge in [0.2, 0.25) is 5.91 Å².